The molecule has 2 aliphatic rings. The van der Waals surface area contributed by atoms with E-state index < -0.39 is 9.84 Å². The Hall–Kier alpha value is -0.780. The molecule has 0 bridgehead atoms. The first kappa shape index (κ1) is 13.6. The molecular weight excluding hydrogens is 254 g/mol. The molecule has 1 aliphatic carbocycles. The van der Waals surface area contributed by atoms with Gasteiger partial charge in [0.05, 0.1) is 11.5 Å². The number of sulfone groups is 1. The molecule has 0 unspecified atom stereocenters. The first-order valence-corrected chi connectivity index (χ1v) is 8.47. The summed E-state index contributed by atoms with van der Waals surface area (Å²) in [7, 11) is -2.95. The fourth-order valence-electron chi connectivity index (χ4n) is 2.69. The van der Waals surface area contributed by atoms with Gasteiger partial charge in [-0.3, -0.25) is 0 Å². The summed E-state index contributed by atoms with van der Waals surface area (Å²) in [5.41, 5.74) is -0.298. The summed E-state index contributed by atoms with van der Waals surface area (Å²) in [5.74, 6) is 0.114. The number of rotatable bonds is 2. The molecule has 18 heavy (non-hydrogen) atoms. The van der Waals surface area contributed by atoms with E-state index in [4.69, 9.17) is 4.74 Å². The van der Waals surface area contributed by atoms with Crippen molar-refractivity contribution in [2.45, 2.75) is 44.6 Å². The van der Waals surface area contributed by atoms with E-state index >= 15 is 0 Å². The van der Waals surface area contributed by atoms with Crippen LogP contribution < -0.4 is 0 Å². The standard InChI is InChI=1S/C12H21NO4S/c1-2-12(5-3-4-6-12)17-11(14)13-7-9-18(15,16)10-8-13/h2-10H2,1H3. The van der Waals surface area contributed by atoms with Crippen LogP contribution in [0.15, 0.2) is 0 Å². The van der Waals surface area contributed by atoms with Crippen molar-refractivity contribution in [2.75, 3.05) is 24.6 Å². The Kier molecular flexibility index (Phi) is 3.84. The van der Waals surface area contributed by atoms with Crippen molar-refractivity contribution in [2.24, 2.45) is 0 Å². The molecule has 2 fully saturated rings. The molecule has 0 aromatic rings. The summed E-state index contributed by atoms with van der Waals surface area (Å²) >= 11 is 0. The number of carbonyl (C=O) groups excluding carboxylic acids is 1. The van der Waals surface area contributed by atoms with Crippen LogP contribution in [0.3, 0.4) is 0 Å². The Bertz CT molecular complexity index is 398. The van der Waals surface area contributed by atoms with E-state index in [1.54, 1.807) is 0 Å². The predicted octanol–water partition coefficient (Wildman–Crippen LogP) is 1.58. The molecule has 1 saturated carbocycles. The maximum Gasteiger partial charge on any atom is 0.410 e. The Labute approximate surface area is 108 Å². The van der Waals surface area contributed by atoms with Crippen molar-refractivity contribution in [3.8, 4) is 0 Å². The van der Waals surface area contributed by atoms with Crippen LogP contribution in [0.4, 0.5) is 4.79 Å². The van der Waals surface area contributed by atoms with E-state index in [0.29, 0.717) is 0 Å². The van der Waals surface area contributed by atoms with E-state index in [9.17, 15) is 13.2 Å². The van der Waals surface area contributed by atoms with Gasteiger partial charge in [-0.15, -0.1) is 0 Å². The highest BCUT2D eigenvalue weighted by atomic mass is 32.2. The van der Waals surface area contributed by atoms with Crippen LogP contribution in [0.1, 0.15) is 39.0 Å². The second-order valence-corrected chi connectivity index (χ2v) is 7.55. The van der Waals surface area contributed by atoms with Gasteiger partial charge in [-0.25, -0.2) is 13.2 Å². The summed E-state index contributed by atoms with van der Waals surface area (Å²) in [6.07, 6.45) is 4.58. The van der Waals surface area contributed by atoms with Crippen LogP contribution in [-0.2, 0) is 14.6 Å². The minimum absolute atomic E-state index is 0.0568. The number of ether oxygens (including phenoxy) is 1. The topological polar surface area (TPSA) is 63.7 Å². The molecule has 1 heterocycles. The van der Waals surface area contributed by atoms with Crippen LogP contribution >= 0.6 is 0 Å². The molecule has 104 valence electrons. The van der Waals surface area contributed by atoms with Gasteiger partial charge in [-0.05, 0) is 32.1 Å². The number of hydrogen-bond acceptors (Lipinski definition) is 4. The fraction of sp³-hybridized carbons (Fsp3) is 0.917. The van der Waals surface area contributed by atoms with Crippen LogP contribution in [0.25, 0.3) is 0 Å². The van der Waals surface area contributed by atoms with Crippen LogP contribution in [-0.4, -0.2) is 49.6 Å². The molecule has 0 aromatic heterocycles. The average molecular weight is 275 g/mol. The highest BCUT2D eigenvalue weighted by Crippen LogP contribution is 2.36. The zero-order valence-electron chi connectivity index (χ0n) is 10.9. The average Bonchev–Trinajstić information content (AvgIpc) is 2.78. The van der Waals surface area contributed by atoms with Gasteiger partial charge in [-0.1, -0.05) is 6.92 Å². The van der Waals surface area contributed by atoms with Crippen LogP contribution in [0, 0.1) is 0 Å². The van der Waals surface area contributed by atoms with E-state index in [1.807, 2.05) is 6.92 Å². The van der Waals surface area contributed by atoms with Gasteiger partial charge in [-0.2, -0.15) is 0 Å². The van der Waals surface area contributed by atoms with Crippen molar-refractivity contribution in [3.63, 3.8) is 0 Å². The third-order valence-electron chi connectivity index (χ3n) is 4.07. The molecule has 2 rings (SSSR count). The number of hydrogen-bond donors (Lipinski definition) is 0. The van der Waals surface area contributed by atoms with Gasteiger partial charge in [0, 0.05) is 13.1 Å². The maximum atomic E-state index is 12.0. The number of amides is 1. The lowest BCUT2D eigenvalue weighted by Crippen LogP contribution is -2.46. The Morgan fingerprint density at radius 2 is 1.78 bits per heavy atom. The van der Waals surface area contributed by atoms with Gasteiger partial charge in [0.1, 0.15) is 5.60 Å². The SMILES string of the molecule is CCC1(OC(=O)N2CCS(=O)(=O)CC2)CCCC1. The first-order valence-electron chi connectivity index (χ1n) is 6.65. The zero-order valence-corrected chi connectivity index (χ0v) is 11.7. The van der Waals surface area contributed by atoms with E-state index in [1.165, 1.54) is 4.90 Å². The molecule has 1 saturated heterocycles. The molecule has 0 spiro atoms. The van der Waals surface area contributed by atoms with Crippen molar-refractivity contribution >= 4 is 15.9 Å². The van der Waals surface area contributed by atoms with Gasteiger partial charge in [0.2, 0.25) is 0 Å². The van der Waals surface area contributed by atoms with E-state index in [-0.39, 0.29) is 36.3 Å². The summed E-state index contributed by atoms with van der Waals surface area (Å²) in [6, 6.07) is 0. The monoisotopic (exact) mass is 275 g/mol. The normalized spacial score (nSPS) is 25.9. The van der Waals surface area contributed by atoms with Crippen LogP contribution in [0.2, 0.25) is 0 Å². The Balaban J connectivity index is 1.92. The molecule has 0 atom stereocenters. The van der Waals surface area contributed by atoms with Gasteiger partial charge < -0.3 is 9.64 Å². The predicted molar refractivity (Wildman–Crippen MR) is 68.2 cm³/mol. The molecule has 6 heteroatoms. The van der Waals surface area contributed by atoms with E-state index in [2.05, 4.69) is 0 Å². The third-order valence-corrected chi connectivity index (χ3v) is 5.67. The smallest absolute Gasteiger partial charge is 0.410 e. The lowest BCUT2D eigenvalue weighted by Gasteiger charge is -2.33. The number of carbonyl (C=O) groups is 1. The van der Waals surface area contributed by atoms with Crippen LogP contribution in [0.5, 0.6) is 0 Å². The third kappa shape index (κ3) is 2.96. The van der Waals surface area contributed by atoms with Gasteiger partial charge in [0.25, 0.3) is 0 Å². The second kappa shape index (κ2) is 5.07. The minimum Gasteiger partial charge on any atom is -0.443 e. The largest absolute Gasteiger partial charge is 0.443 e. The fourth-order valence-corrected chi connectivity index (χ4v) is 3.89. The highest BCUT2D eigenvalue weighted by molar-refractivity contribution is 7.91. The zero-order chi connectivity index (χ0) is 13.2. The van der Waals surface area contributed by atoms with Crippen molar-refractivity contribution in [1.29, 1.82) is 0 Å². The first-order chi connectivity index (χ1) is 8.46. The lowest BCUT2D eigenvalue weighted by atomic mass is 9.99. The molecule has 1 aliphatic heterocycles. The Morgan fingerprint density at radius 1 is 1.22 bits per heavy atom. The highest BCUT2D eigenvalue weighted by Gasteiger charge is 2.38. The summed E-state index contributed by atoms with van der Waals surface area (Å²) in [6.45, 7) is 2.57. The molecular formula is C12H21NO4S. The van der Waals surface area contributed by atoms with Crippen molar-refractivity contribution in [1.82, 2.24) is 4.90 Å². The summed E-state index contributed by atoms with van der Waals surface area (Å²) in [4.78, 5) is 13.6. The Morgan fingerprint density at radius 3 is 2.28 bits per heavy atom. The van der Waals surface area contributed by atoms with Crippen molar-refractivity contribution in [3.05, 3.63) is 0 Å². The molecule has 0 radical (unpaired) electrons. The second-order valence-electron chi connectivity index (χ2n) is 5.25. The summed E-state index contributed by atoms with van der Waals surface area (Å²) < 4.78 is 28.3. The molecule has 5 nitrogen and oxygen atoms in total. The summed E-state index contributed by atoms with van der Waals surface area (Å²) in [5, 5.41) is 0. The molecule has 0 aromatic carbocycles. The van der Waals surface area contributed by atoms with Gasteiger partial charge >= 0.3 is 6.09 Å². The lowest BCUT2D eigenvalue weighted by molar-refractivity contribution is -0.00708. The van der Waals surface area contributed by atoms with E-state index in [0.717, 1.165) is 32.1 Å². The molecule has 0 N–H and O–H groups in total. The number of nitrogens with zero attached hydrogens (tertiary/aromatic N) is 1. The van der Waals surface area contributed by atoms with Crippen molar-refractivity contribution < 1.29 is 17.9 Å². The maximum absolute atomic E-state index is 12.0. The molecule has 1 amide bonds. The van der Waals surface area contributed by atoms with Gasteiger partial charge in [0.15, 0.2) is 9.84 Å². The minimum atomic E-state index is -2.95. The quantitative estimate of drug-likeness (QED) is 0.767.